The van der Waals surface area contributed by atoms with Crippen LogP contribution in [0.5, 0.6) is 0 Å². The lowest BCUT2D eigenvalue weighted by atomic mass is 10.1. The number of Topliss-reactive ketones (excluding diaryl/α,β-unsaturated/α-hetero) is 1. The van der Waals surface area contributed by atoms with E-state index in [2.05, 4.69) is 15.1 Å². The van der Waals surface area contributed by atoms with Crippen LogP contribution in [-0.4, -0.2) is 48.8 Å². The number of rotatable bonds is 5. The molecule has 148 valence electrons. The normalized spacial score (nSPS) is 15.9. The second-order valence-corrected chi connectivity index (χ2v) is 7.82. The molecule has 1 amide bonds. The largest absolute Gasteiger partial charge is 0.369 e. The van der Waals surface area contributed by atoms with Crippen LogP contribution in [0.25, 0.3) is 0 Å². The number of halogens is 2. The SMILES string of the molecule is CC(=O)c1ccc(N2CCN([C@@H](C)C(=O)Nc3cc(Cl)cc(Cl)c3)CC2)cc1. The molecule has 0 radical (unpaired) electrons. The predicted molar refractivity (Wildman–Crippen MR) is 115 cm³/mol. The fourth-order valence-electron chi connectivity index (χ4n) is 3.31. The minimum Gasteiger partial charge on any atom is -0.369 e. The summed E-state index contributed by atoms with van der Waals surface area (Å²) in [5, 5.41) is 3.86. The molecule has 1 aliphatic heterocycles. The zero-order chi connectivity index (χ0) is 20.3. The second-order valence-electron chi connectivity index (χ2n) is 6.95. The Morgan fingerprint density at radius 3 is 2.07 bits per heavy atom. The number of nitrogens with one attached hydrogen (secondary N) is 1. The van der Waals surface area contributed by atoms with Gasteiger partial charge in [-0.2, -0.15) is 0 Å². The first-order valence-electron chi connectivity index (χ1n) is 9.20. The summed E-state index contributed by atoms with van der Waals surface area (Å²) in [6.45, 7) is 6.66. The smallest absolute Gasteiger partial charge is 0.241 e. The lowest BCUT2D eigenvalue weighted by Crippen LogP contribution is -2.52. The van der Waals surface area contributed by atoms with Gasteiger partial charge in [-0.25, -0.2) is 0 Å². The summed E-state index contributed by atoms with van der Waals surface area (Å²) >= 11 is 12.0. The van der Waals surface area contributed by atoms with Crippen molar-refractivity contribution in [2.75, 3.05) is 36.4 Å². The fraction of sp³-hybridized carbons (Fsp3) is 0.333. The van der Waals surface area contributed by atoms with E-state index in [0.29, 0.717) is 21.3 Å². The average Bonchev–Trinajstić information content (AvgIpc) is 2.66. The Bertz CT molecular complexity index is 842. The molecule has 0 spiro atoms. The van der Waals surface area contributed by atoms with Crippen LogP contribution in [0, 0.1) is 0 Å². The van der Waals surface area contributed by atoms with Gasteiger partial charge in [-0.3, -0.25) is 14.5 Å². The number of benzene rings is 2. The molecule has 28 heavy (non-hydrogen) atoms. The predicted octanol–water partition coefficient (Wildman–Crippen LogP) is 4.35. The Morgan fingerprint density at radius 1 is 0.964 bits per heavy atom. The van der Waals surface area contributed by atoms with Gasteiger partial charge in [0.1, 0.15) is 0 Å². The highest BCUT2D eigenvalue weighted by Crippen LogP contribution is 2.23. The Morgan fingerprint density at radius 2 is 1.54 bits per heavy atom. The van der Waals surface area contributed by atoms with Crippen molar-refractivity contribution < 1.29 is 9.59 Å². The van der Waals surface area contributed by atoms with Crippen LogP contribution in [0.1, 0.15) is 24.2 Å². The number of carbonyl (C=O) groups is 2. The molecule has 3 rings (SSSR count). The van der Waals surface area contributed by atoms with Gasteiger partial charge in [-0.15, -0.1) is 0 Å². The number of ketones is 1. The van der Waals surface area contributed by atoms with Crippen LogP contribution < -0.4 is 10.2 Å². The minimum absolute atomic E-state index is 0.0668. The van der Waals surface area contributed by atoms with Gasteiger partial charge in [0.2, 0.25) is 5.91 Å². The first kappa shape index (κ1) is 20.6. The first-order valence-corrected chi connectivity index (χ1v) is 9.96. The molecule has 2 aromatic carbocycles. The van der Waals surface area contributed by atoms with Crippen molar-refractivity contribution in [3.8, 4) is 0 Å². The third-order valence-corrected chi connectivity index (χ3v) is 5.45. The van der Waals surface area contributed by atoms with Crippen LogP contribution in [-0.2, 0) is 4.79 Å². The molecule has 1 aliphatic rings. The molecule has 0 bridgehead atoms. The topological polar surface area (TPSA) is 52.7 Å². The molecule has 5 nitrogen and oxygen atoms in total. The monoisotopic (exact) mass is 419 g/mol. The molecular weight excluding hydrogens is 397 g/mol. The van der Waals surface area contributed by atoms with Gasteiger partial charge in [-0.1, -0.05) is 23.2 Å². The summed E-state index contributed by atoms with van der Waals surface area (Å²) in [6, 6.07) is 12.4. The molecule has 1 atom stereocenters. The van der Waals surface area contributed by atoms with Crippen LogP contribution in [0.15, 0.2) is 42.5 Å². The summed E-state index contributed by atoms with van der Waals surface area (Å²) in [7, 11) is 0. The summed E-state index contributed by atoms with van der Waals surface area (Å²) in [4.78, 5) is 28.4. The number of carbonyl (C=O) groups excluding carboxylic acids is 2. The summed E-state index contributed by atoms with van der Waals surface area (Å²) in [6.07, 6.45) is 0. The maximum absolute atomic E-state index is 12.6. The van der Waals surface area contributed by atoms with E-state index in [-0.39, 0.29) is 17.7 Å². The van der Waals surface area contributed by atoms with E-state index in [0.717, 1.165) is 31.9 Å². The van der Waals surface area contributed by atoms with Crippen molar-refractivity contribution in [2.45, 2.75) is 19.9 Å². The van der Waals surface area contributed by atoms with Gasteiger partial charge < -0.3 is 10.2 Å². The molecule has 0 saturated carbocycles. The third kappa shape index (κ3) is 5.04. The highest BCUT2D eigenvalue weighted by atomic mass is 35.5. The summed E-state index contributed by atoms with van der Waals surface area (Å²) in [5.74, 6) is -0.0187. The lowest BCUT2D eigenvalue weighted by molar-refractivity contribution is -0.120. The molecule has 0 unspecified atom stereocenters. The van der Waals surface area contributed by atoms with Gasteiger partial charge in [0.15, 0.2) is 5.78 Å². The fourth-order valence-corrected chi connectivity index (χ4v) is 3.84. The molecule has 0 aromatic heterocycles. The summed E-state index contributed by atoms with van der Waals surface area (Å²) < 4.78 is 0. The van der Waals surface area contributed by atoms with Gasteiger partial charge in [0, 0.05) is 53.2 Å². The van der Waals surface area contributed by atoms with Crippen molar-refractivity contribution >= 4 is 46.3 Å². The number of anilines is 2. The van der Waals surface area contributed by atoms with Crippen molar-refractivity contribution in [3.05, 3.63) is 58.1 Å². The van der Waals surface area contributed by atoms with Gasteiger partial charge in [0.25, 0.3) is 0 Å². The third-order valence-electron chi connectivity index (χ3n) is 5.01. The second kappa shape index (κ2) is 8.95. The van der Waals surface area contributed by atoms with E-state index < -0.39 is 0 Å². The molecular formula is C21H23Cl2N3O2. The van der Waals surface area contributed by atoms with Gasteiger partial charge in [-0.05, 0) is 56.3 Å². The van der Waals surface area contributed by atoms with Crippen LogP contribution in [0.2, 0.25) is 10.0 Å². The average molecular weight is 420 g/mol. The van der Waals surface area contributed by atoms with E-state index in [1.165, 1.54) is 0 Å². The van der Waals surface area contributed by atoms with E-state index in [9.17, 15) is 9.59 Å². The summed E-state index contributed by atoms with van der Waals surface area (Å²) in [5.41, 5.74) is 2.41. The van der Waals surface area contributed by atoms with Crippen molar-refractivity contribution in [1.29, 1.82) is 0 Å². The maximum atomic E-state index is 12.6. The molecule has 1 saturated heterocycles. The van der Waals surface area contributed by atoms with Crippen LogP contribution in [0.3, 0.4) is 0 Å². The Kier molecular flexibility index (Phi) is 6.60. The lowest BCUT2D eigenvalue weighted by Gasteiger charge is -2.38. The van der Waals surface area contributed by atoms with E-state index in [4.69, 9.17) is 23.2 Å². The van der Waals surface area contributed by atoms with Gasteiger partial charge >= 0.3 is 0 Å². The quantitative estimate of drug-likeness (QED) is 0.731. The van der Waals surface area contributed by atoms with Crippen LogP contribution in [0.4, 0.5) is 11.4 Å². The molecule has 1 heterocycles. The molecule has 0 aliphatic carbocycles. The Hall–Kier alpha value is -2.08. The van der Waals surface area contributed by atoms with E-state index in [1.807, 2.05) is 31.2 Å². The van der Waals surface area contributed by atoms with Gasteiger partial charge in [0.05, 0.1) is 6.04 Å². The number of hydrogen-bond donors (Lipinski definition) is 1. The highest BCUT2D eigenvalue weighted by molar-refractivity contribution is 6.35. The maximum Gasteiger partial charge on any atom is 0.241 e. The Labute approximate surface area is 175 Å². The Balaban J connectivity index is 1.56. The van der Waals surface area contributed by atoms with E-state index >= 15 is 0 Å². The van der Waals surface area contributed by atoms with Crippen molar-refractivity contribution in [3.63, 3.8) is 0 Å². The molecule has 2 aromatic rings. The molecule has 1 fully saturated rings. The van der Waals surface area contributed by atoms with Crippen molar-refractivity contribution in [1.82, 2.24) is 4.90 Å². The van der Waals surface area contributed by atoms with Crippen molar-refractivity contribution in [2.24, 2.45) is 0 Å². The zero-order valence-electron chi connectivity index (χ0n) is 15.9. The minimum atomic E-state index is -0.264. The molecule has 1 N–H and O–H groups in total. The zero-order valence-corrected chi connectivity index (χ0v) is 17.4. The molecule has 7 heteroatoms. The number of hydrogen-bond acceptors (Lipinski definition) is 4. The van der Waals surface area contributed by atoms with Crippen LogP contribution >= 0.6 is 23.2 Å². The number of nitrogens with zero attached hydrogens (tertiary/aromatic N) is 2. The van der Waals surface area contributed by atoms with E-state index in [1.54, 1.807) is 25.1 Å². The standard InChI is InChI=1S/C21H23Cl2N3O2/c1-14(21(28)24-19-12-17(22)11-18(23)13-19)25-7-9-26(10-8-25)20-5-3-16(4-6-20)15(2)27/h3-6,11-14H,7-10H2,1-2H3,(H,24,28)/t14-/m0/s1. The number of amides is 1. The first-order chi connectivity index (χ1) is 13.3. The number of piperazine rings is 1. The highest BCUT2D eigenvalue weighted by Gasteiger charge is 2.26.